The molecule has 0 spiro atoms. The molecular formula is C13H13NO. The summed E-state index contributed by atoms with van der Waals surface area (Å²) < 4.78 is 0. The Balaban J connectivity index is 1.88. The summed E-state index contributed by atoms with van der Waals surface area (Å²) in [4.78, 5) is 5.57. The van der Waals surface area contributed by atoms with Crippen molar-refractivity contribution >= 4 is 0 Å². The van der Waals surface area contributed by atoms with Gasteiger partial charge in [-0.3, -0.25) is 4.84 Å². The van der Waals surface area contributed by atoms with E-state index in [0.717, 1.165) is 5.56 Å². The van der Waals surface area contributed by atoms with Crippen molar-refractivity contribution in [3.8, 4) is 0 Å². The van der Waals surface area contributed by atoms with Crippen LogP contribution < -0.4 is 0 Å². The van der Waals surface area contributed by atoms with Crippen molar-refractivity contribution in [1.82, 2.24) is 5.06 Å². The van der Waals surface area contributed by atoms with Crippen molar-refractivity contribution in [2.45, 2.75) is 6.61 Å². The van der Waals surface area contributed by atoms with Gasteiger partial charge in [-0.1, -0.05) is 42.5 Å². The highest BCUT2D eigenvalue weighted by Gasteiger charge is 1.96. The second kappa shape index (κ2) is 5.17. The summed E-state index contributed by atoms with van der Waals surface area (Å²) in [5.41, 5.74) is 1.16. The summed E-state index contributed by atoms with van der Waals surface area (Å²) in [7, 11) is 0. The highest BCUT2D eigenvalue weighted by molar-refractivity contribution is 5.15. The van der Waals surface area contributed by atoms with Gasteiger partial charge in [0.05, 0.1) is 0 Å². The van der Waals surface area contributed by atoms with Gasteiger partial charge in [-0.2, -0.15) is 0 Å². The van der Waals surface area contributed by atoms with E-state index in [4.69, 9.17) is 4.84 Å². The van der Waals surface area contributed by atoms with Gasteiger partial charge in [0.1, 0.15) is 6.61 Å². The van der Waals surface area contributed by atoms with Crippen LogP contribution in [0.15, 0.2) is 67.0 Å². The summed E-state index contributed by atoms with van der Waals surface area (Å²) >= 11 is 0. The van der Waals surface area contributed by atoms with E-state index < -0.39 is 0 Å². The normalized spacial score (nSPS) is 14.3. The molecule has 1 aliphatic heterocycles. The van der Waals surface area contributed by atoms with Gasteiger partial charge < -0.3 is 0 Å². The van der Waals surface area contributed by atoms with Crippen molar-refractivity contribution in [1.29, 1.82) is 0 Å². The van der Waals surface area contributed by atoms with Crippen LogP contribution >= 0.6 is 0 Å². The van der Waals surface area contributed by atoms with Crippen LogP contribution in [0, 0.1) is 0 Å². The van der Waals surface area contributed by atoms with Crippen molar-refractivity contribution in [2.24, 2.45) is 0 Å². The topological polar surface area (TPSA) is 12.5 Å². The first-order valence-corrected chi connectivity index (χ1v) is 4.92. The summed E-state index contributed by atoms with van der Waals surface area (Å²) in [6.07, 6.45) is 11.5. The smallest absolute Gasteiger partial charge is 0.100 e. The molecule has 0 bridgehead atoms. The maximum atomic E-state index is 5.57. The molecule has 0 aliphatic carbocycles. The largest absolute Gasteiger partial charge is 0.265 e. The van der Waals surface area contributed by atoms with Crippen molar-refractivity contribution < 1.29 is 4.84 Å². The molecule has 0 aromatic heterocycles. The molecule has 0 amide bonds. The molecule has 1 aliphatic rings. The van der Waals surface area contributed by atoms with Crippen molar-refractivity contribution in [2.75, 3.05) is 0 Å². The van der Waals surface area contributed by atoms with E-state index in [2.05, 4.69) is 0 Å². The first-order valence-electron chi connectivity index (χ1n) is 4.92. The second-order valence-corrected chi connectivity index (χ2v) is 3.19. The van der Waals surface area contributed by atoms with Gasteiger partial charge in [-0.15, -0.1) is 0 Å². The van der Waals surface area contributed by atoms with Crippen molar-refractivity contribution in [3.63, 3.8) is 0 Å². The van der Waals surface area contributed by atoms with Crippen LogP contribution in [0.1, 0.15) is 5.56 Å². The third kappa shape index (κ3) is 3.11. The molecule has 1 aromatic carbocycles. The number of rotatable bonds is 3. The summed E-state index contributed by atoms with van der Waals surface area (Å²) in [5.74, 6) is 0. The van der Waals surface area contributed by atoms with E-state index >= 15 is 0 Å². The zero-order valence-corrected chi connectivity index (χ0v) is 8.41. The fourth-order valence-electron chi connectivity index (χ4n) is 1.26. The maximum Gasteiger partial charge on any atom is 0.100 e. The first kappa shape index (κ1) is 9.74. The Kier molecular flexibility index (Phi) is 3.36. The molecular weight excluding hydrogens is 186 g/mol. The van der Waals surface area contributed by atoms with Gasteiger partial charge >= 0.3 is 0 Å². The molecule has 0 saturated carbocycles. The first-order chi connectivity index (χ1) is 7.45. The third-order valence-electron chi connectivity index (χ3n) is 2.02. The number of hydrogen-bond acceptors (Lipinski definition) is 2. The van der Waals surface area contributed by atoms with Gasteiger partial charge in [-0.25, -0.2) is 5.06 Å². The van der Waals surface area contributed by atoms with Gasteiger partial charge in [-0.05, 0) is 17.7 Å². The van der Waals surface area contributed by atoms with E-state index in [9.17, 15) is 0 Å². The van der Waals surface area contributed by atoms with Gasteiger partial charge in [0.25, 0.3) is 0 Å². The lowest BCUT2D eigenvalue weighted by molar-refractivity contribution is -0.0932. The Morgan fingerprint density at radius 3 is 2.20 bits per heavy atom. The molecule has 15 heavy (non-hydrogen) atoms. The van der Waals surface area contributed by atoms with Crippen molar-refractivity contribution in [3.05, 3.63) is 72.6 Å². The van der Waals surface area contributed by atoms with E-state index in [1.165, 1.54) is 0 Å². The number of hydrogen-bond donors (Lipinski definition) is 0. The summed E-state index contributed by atoms with van der Waals surface area (Å²) in [5, 5.41) is 1.70. The molecule has 0 radical (unpaired) electrons. The quantitative estimate of drug-likeness (QED) is 0.742. The Morgan fingerprint density at radius 1 is 0.867 bits per heavy atom. The predicted octanol–water partition coefficient (Wildman–Crippen LogP) is 3.02. The molecule has 0 unspecified atom stereocenters. The molecule has 1 heterocycles. The molecule has 0 atom stereocenters. The van der Waals surface area contributed by atoms with E-state index in [1.54, 1.807) is 5.06 Å². The standard InChI is InChI=1S/C13H13NO/c1-2-7-11-14(10-6-1)15-12-13-8-4-3-5-9-13/h1-11H,12H2. The minimum atomic E-state index is 0.579. The third-order valence-corrected chi connectivity index (χ3v) is 2.02. The second-order valence-electron chi connectivity index (χ2n) is 3.19. The molecule has 0 saturated heterocycles. The van der Waals surface area contributed by atoms with E-state index in [1.807, 2.05) is 67.0 Å². The Hall–Kier alpha value is -1.80. The van der Waals surface area contributed by atoms with Crippen LogP contribution in [0.5, 0.6) is 0 Å². The van der Waals surface area contributed by atoms with Gasteiger partial charge in [0.2, 0.25) is 0 Å². The maximum absolute atomic E-state index is 5.57. The Bertz CT molecular complexity index is 363. The monoisotopic (exact) mass is 199 g/mol. The average molecular weight is 199 g/mol. The SMILES string of the molecule is C1=CC=CN(OCc2ccccc2)C=C1. The van der Waals surface area contributed by atoms with Crippen LogP contribution in [0.4, 0.5) is 0 Å². The lowest BCUT2D eigenvalue weighted by atomic mass is 10.2. The van der Waals surface area contributed by atoms with Gasteiger partial charge in [0.15, 0.2) is 0 Å². The zero-order chi connectivity index (χ0) is 10.3. The zero-order valence-electron chi connectivity index (χ0n) is 8.41. The van der Waals surface area contributed by atoms with Crippen LogP contribution in [-0.2, 0) is 11.4 Å². The molecule has 0 fully saturated rings. The van der Waals surface area contributed by atoms with Crippen LogP contribution in [-0.4, -0.2) is 5.06 Å². The van der Waals surface area contributed by atoms with Gasteiger partial charge in [0, 0.05) is 12.4 Å². The van der Waals surface area contributed by atoms with E-state index in [-0.39, 0.29) is 0 Å². The molecule has 0 N–H and O–H groups in total. The Morgan fingerprint density at radius 2 is 1.53 bits per heavy atom. The van der Waals surface area contributed by atoms with Crippen LogP contribution in [0.2, 0.25) is 0 Å². The number of benzene rings is 1. The predicted molar refractivity (Wildman–Crippen MR) is 60.5 cm³/mol. The highest BCUT2D eigenvalue weighted by atomic mass is 16.7. The Labute approximate surface area is 89.7 Å². The molecule has 2 heteroatoms. The summed E-state index contributed by atoms with van der Waals surface area (Å²) in [6.45, 7) is 0.579. The van der Waals surface area contributed by atoms with Crippen LogP contribution in [0.3, 0.4) is 0 Å². The lowest BCUT2D eigenvalue weighted by Crippen LogP contribution is -2.09. The van der Waals surface area contributed by atoms with E-state index in [0.29, 0.717) is 6.61 Å². The number of hydroxylamine groups is 2. The summed E-state index contributed by atoms with van der Waals surface area (Å²) in [6, 6.07) is 10.1. The number of nitrogens with zero attached hydrogens (tertiary/aromatic N) is 1. The lowest BCUT2D eigenvalue weighted by Gasteiger charge is -2.14. The minimum absolute atomic E-state index is 0.579. The molecule has 76 valence electrons. The number of allylic oxidation sites excluding steroid dienone is 4. The molecule has 2 nitrogen and oxygen atoms in total. The minimum Gasteiger partial charge on any atom is -0.265 e. The highest BCUT2D eigenvalue weighted by Crippen LogP contribution is 2.05. The van der Waals surface area contributed by atoms with Crippen LogP contribution in [0.25, 0.3) is 0 Å². The average Bonchev–Trinajstić information content (AvgIpc) is 2.56. The molecule has 2 rings (SSSR count). The molecule has 1 aromatic rings. The fraction of sp³-hybridized carbons (Fsp3) is 0.0769. The fourth-order valence-corrected chi connectivity index (χ4v) is 1.26.